The van der Waals surface area contributed by atoms with Crippen LogP contribution in [0.4, 0.5) is 0 Å². The lowest BCUT2D eigenvalue weighted by Gasteiger charge is -2.07. The second kappa shape index (κ2) is 6.28. The first kappa shape index (κ1) is 15.3. The number of hydrogen-bond donors (Lipinski definition) is 1. The number of rotatable bonds is 5. The van der Waals surface area contributed by atoms with Gasteiger partial charge in [0.25, 0.3) is 5.91 Å². The maximum atomic E-state index is 12.3. The molecule has 2 heterocycles. The summed E-state index contributed by atoms with van der Waals surface area (Å²) in [6.45, 7) is 5.41. The van der Waals surface area contributed by atoms with Crippen LogP contribution in [0.25, 0.3) is 10.9 Å². The fraction of sp³-hybridized carbons (Fsp3) is 0.333. The van der Waals surface area contributed by atoms with Gasteiger partial charge in [-0.3, -0.25) is 9.48 Å². The van der Waals surface area contributed by atoms with Gasteiger partial charge in [-0.05, 0) is 32.4 Å². The van der Waals surface area contributed by atoms with Gasteiger partial charge >= 0.3 is 0 Å². The molecule has 0 aliphatic rings. The first-order chi connectivity index (χ1) is 11.1. The van der Waals surface area contributed by atoms with Gasteiger partial charge < -0.3 is 9.88 Å². The van der Waals surface area contributed by atoms with E-state index in [2.05, 4.69) is 22.5 Å². The third-order valence-electron chi connectivity index (χ3n) is 4.40. The van der Waals surface area contributed by atoms with Gasteiger partial charge in [0.2, 0.25) is 0 Å². The molecule has 120 valence electrons. The van der Waals surface area contributed by atoms with Gasteiger partial charge in [-0.25, -0.2) is 0 Å². The van der Waals surface area contributed by atoms with Crippen molar-refractivity contribution in [2.75, 3.05) is 6.54 Å². The SMILES string of the molecule is Cc1cc(C(=O)NCCCn2ncc3ccccc32)c(C)n1C. The zero-order chi connectivity index (χ0) is 16.4. The monoisotopic (exact) mass is 310 g/mol. The van der Waals surface area contributed by atoms with Crippen LogP contribution < -0.4 is 5.32 Å². The van der Waals surface area contributed by atoms with Crippen LogP contribution in [-0.4, -0.2) is 26.8 Å². The molecule has 5 heteroatoms. The molecule has 5 nitrogen and oxygen atoms in total. The van der Waals surface area contributed by atoms with Gasteiger partial charge in [-0.2, -0.15) is 5.10 Å². The van der Waals surface area contributed by atoms with Crippen LogP contribution >= 0.6 is 0 Å². The quantitative estimate of drug-likeness (QED) is 0.737. The second-order valence-corrected chi connectivity index (χ2v) is 5.88. The van der Waals surface area contributed by atoms with Crippen molar-refractivity contribution in [3.8, 4) is 0 Å². The number of benzene rings is 1. The van der Waals surface area contributed by atoms with Crippen molar-refractivity contribution in [1.82, 2.24) is 19.7 Å². The molecular weight excluding hydrogens is 288 g/mol. The van der Waals surface area contributed by atoms with E-state index in [4.69, 9.17) is 0 Å². The Labute approximate surface area is 135 Å². The van der Waals surface area contributed by atoms with Crippen LogP contribution in [0, 0.1) is 13.8 Å². The largest absolute Gasteiger partial charge is 0.352 e. The first-order valence-electron chi connectivity index (χ1n) is 7.89. The van der Waals surface area contributed by atoms with E-state index in [1.807, 2.05) is 54.5 Å². The Bertz CT molecular complexity index is 844. The number of hydrogen-bond acceptors (Lipinski definition) is 2. The first-order valence-corrected chi connectivity index (χ1v) is 7.89. The number of carbonyl (C=O) groups is 1. The van der Waals surface area contributed by atoms with E-state index < -0.39 is 0 Å². The Morgan fingerprint density at radius 3 is 2.78 bits per heavy atom. The van der Waals surface area contributed by atoms with Gasteiger partial charge in [0, 0.05) is 36.9 Å². The van der Waals surface area contributed by atoms with Crippen molar-refractivity contribution < 1.29 is 4.79 Å². The minimum atomic E-state index is -0.00322. The van der Waals surface area contributed by atoms with Crippen molar-refractivity contribution in [1.29, 1.82) is 0 Å². The summed E-state index contributed by atoms with van der Waals surface area (Å²) in [6, 6.07) is 10.1. The number of aryl methyl sites for hydroxylation is 2. The molecule has 1 N–H and O–H groups in total. The van der Waals surface area contributed by atoms with Crippen molar-refractivity contribution in [3.05, 3.63) is 53.5 Å². The number of aromatic nitrogens is 3. The van der Waals surface area contributed by atoms with E-state index >= 15 is 0 Å². The fourth-order valence-corrected chi connectivity index (χ4v) is 2.82. The Kier molecular flexibility index (Phi) is 4.19. The van der Waals surface area contributed by atoms with Gasteiger partial charge in [0.1, 0.15) is 0 Å². The van der Waals surface area contributed by atoms with E-state index in [1.165, 1.54) is 0 Å². The highest BCUT2D eigenvalue weighted by Crippen LogP contribution is 2.14. The molecule has 23 heavy (non-hydrogen) atoms. The summed E-state index contributed by atoms with van der Waals surface area (Å²) in [5, 5.41) is 8.54. The predicted molar refractivity (Wildman–Crippen MR) is 91.6 cm³/mol. The summed E-state index contributed by atoms with van der Waals surface area (Å²) >= 11 is 0. The Morgan fingerprint density at radius 2 is 2.04 bits per heavy atom. The number of fused-ring (bicyclic) bond motifs is 1. The molecule has 0 saturated heterocycles. The molecule has 0 aliphatic carbocycles. The summed E-state index contributed by atoms with van der Waals surface area (Å²) in [4.78, 5) is 12.3. The highest BCUT2D eigenvalue weighted by Gasteiger charge is 2.13. The molecule has 2 aromatic heterocycles. The van der Waals surface area contributed by atoms with Crippen LogP contribution in [0.5, 0.6) is 0 Å². The van der Waals surface area contributed by atoms with Crippen LogP contribution in [0.15, 0.2) is 36.5 Å². The number of para-hydroxylation sites is 1. The van der Waals surface area contributed by atoms with Crippen molar-refractivity contribution in [2.24, 2.45) is 7.05 Å². The zero-order valence-corrected chi connectivity index (χ0v) is 13.8. The van der Waals surface area contributed by atoms with Crippen LogP contribution in [0.3, 0.4) is 0 Å². The lowest BCUT2D eigenvalue weighted by molar-refractivity contribution is 0.0952. The molecule has 0 radical (unpaired) electrons. The molecule has 0 saturated carbocycles. The third-order valence-corrected chi connectivity index (χ3v) is 4.40. The average Bonchev–Trinajstić information content (AvgIpc) is 3.08. The van der Waals surface area contributed by atoms with Crippen molar-refractivity contribution in [3.63, 3.8) is 0 Å². The molecule has 0 unspecified atom stereocenters. The van der Waals surface area contributed by atoms with E-state index in [9.17, 15) is 4.79 Å². The summed E-state index contributed by atoms with van der Waals surface area (Å²) in [7, 11) is 1.98. The molecule has 1 aromatic carbocycles. The third kappa shape index (κ3) is 2.99. The van der Waals surface area contributed by atoms with Crippen molar-refractivity contribution >= 4 is 16.8 Å². The molecular formula is C18H22N4O. The number of carbonyl (C=O) groups excluding carboxylic acids is 1. The number of nitrogens with one attached hydrogen (secondary N) is 1. The van der Waals surface area contributed by atoms with E-state index in [0.717, 1.165) is 40.8 Å². The smallest absolute Gasteiger partial charge is 0.253 e. The number of nitrogens with zero attached hydrogens (tertiary/aromatic N) is 3. The van der Waals surface area contributed by atoms with E-state index in [1.54, 1.807) is 0 Å². The molecule has 0 spiro atoms. The molecule has 0 bridgehead atoms. The molecule has 0 atom stereocenters. The average molecular weight is 310 g/mol. The number of amides is 1. The standard InChI is InChI=1S/C18H22N4O/c1-13-11-16(14(2)21(13)3)18(23)19-9-6-10-22-17-8-5-4-7-15(17)12-20-22/h4-5,7-8,11-12H,6,9-10H2,1-3H3,(H,19,23). The maximum Gasteiger partial charge on any atom is 0.253 e. The highest BCUT2D eigenvalue weighted by molar-refractivity contribution is 5.95. The lowest BCUT2D eigenvalue weighted by atomic mass is 10.2. The minimum absolute atomic E-state index is 0.00322. The fourth-order valence-electron chi connectivity index (χ4n) is 2.82. The maximum absolute atomic E-state index is 12.3. The van der Waals surface area contributed by atoms with Gasteiger partial charge in [-0.15, -0.1) is 0 Å². The highest BCUT2D eigenvalue weighted by atomic mass is 16.1. The molecule has 3 aromatic rings. The zero-order valence-electron chi connectivity index (χ0n) is 13.8. The Hall–Kier alpha value is -2.56. The van der Waals surface area contributed by atoms with Gasteiger partial charge in [0.05, 0.1) is 17.3 Å². The second-order valence-electron chi connectivity index (χ2n) is 5.88. The molecule has 1 amide bonds. The molecule has 0 fully saturated rings. The van der Waals surface area contributed by atoms with Crippen LogP contribution in [0.1, 0.15) is 28.2 Å². The summed E-state index contributed by atoms with van der Waals surface area (Å²) in [5.74, 6) is -0.00322. The predicted octanol–water partition coefficient (Wildman–Crippen LogP) is 2.81. The molecule has 0 aliphatic heterocycles. The Morgan fingerprint density at radius 1 is 1.26 bits per heavy atom. The van der Waals surface area contributed by atoms with Crippen LogP contribution in [0.2, 0.25) is 0 Å². The van der Waals surface area contributed by atoms with E-state index in [-0.39, 0.29) is 5.91 Å². The topological polar surface area (TPSA) is 51.9 Å². The normalized spacial score (nSPS) is 11.1. The Balaban J connectivity index is 1.55. The minimum Gasteiger partial charge on any atom is -0.352 e. The van der Waals surface area contributed by atoms with Gasteiger partial charge in [-0.1, -0.05) is 18.2 Å². The summed E-state index contributed by atoms with van der Waals surface area (Å²) < 4.78 is 4.02. The molecule has 3 rings (SSSR count). The summed E-state index contributed by atoms with van der Waals surface area (Å²) in [5.41, 5.74) is 3.98. The summed E-state index contributed by atoms with van der Waals surface area (Å²) in [6.07, 6.45) is 2.73. The van der Waals surface area contributed by atoms with Crippen molar-refractivity contribution in [2.45, 2.75) is 26.8 Å². The van der Waals surface area contributed by atoms with Crippen LogP contribution in [-0.2, 0) is 13.6 Å². The van der Waals surface area contributed by atoms with E-state index in [0.29, 0.717) is 6.54 Å². The van der Waals surface area contributed by atoms with Gasteiger partial charge in [0.15, 0.2) is 0 Å². The lowest BCUT2D eigenvalue weighted by Crippen LogP contribution is -2.25.